The summed E-state index contributed by atoms with van der Waals surface area (Å²) in [5.74, 6) is 0. The number of rotatable bonds is 2. The lowest BCUT2D eigenvalue weighted by molar-refractivity contribution is 0.00819. The summed E-state index contributed by atoms with van der Waals surface area (Å²) < 4.78 is 29.0. The predicted molar refractivity (Wildman–Crippen MR) is 36.0 cm³/mol. The molecule has 0 aliphatic rings. The molecule has 1 nitrogen and oxygen atoms in total. The third-order valence-electron chi connectivity index (χ3n) is 1.08. The molecule has 0 heterocycles. The molecule has 0 saturated carbocycles. The van der Waals surface area contributed by atoms with Crippen LogP contribution in [0.3, 0.4) is 0 Å². The van der Waals surface area contributed by atoms with Crippen molar-refractivity contribution in [2.45, 2.75) is 20.5 Å². The van der Waals surface area contributed by atoms with Crippen LogP contribution in [-0.2, 0) is 0 Å². The van der Waals surface area contributed by atoms with E-state index in [9.17, 15) is 13.2 Å². The molecule has 0 radical (unpaired) electrons. The summed E-state index contributed by atoms with van der Waals surface area (Å²) in [4.78, 5) is 2.25. The van der Waals surface area contributed by atoms with Crippen molar-refractivity contribution < 1.29 is 13.2 Å². The van der Waals surface area contributed by atoms with Crippen LogP contribution in [0.15, 0.2) is 0 Å². The summed E-state index contributed by atoms with van der Waals surface area (Å²) in [7, 11) is 2.11. The zero-order valence-corrected chi connectivity index (χ0v) is 6.57. The first kappa shape index (κ1) is 12.4. The van der Waals surface area contributed by atoms with Crippen molar-refractivity contribution in [2.24, 2.45) is 0 Å². The van der Waals surface area contributed by atoms with Gasteiger partial charge in [-0.3, -0.25) is 0 Å². The number of alkyl halides is 3. The second kappa shape index (κ2) is 8.75. The Kier molecular flexibility index (Phi) is 10.9. The van der Waals surface area contributed by atoms with Crippen molar-refractivity contribution in [3.05, 3.63) is 0 Å². The van der Waals surface area contributed by atoms with E-state index in [0.29, 0.717) is 0 Å². The van der Waals surface area contributed by atoms with Crippen LogP contribution in [0.2, 0.25) is 0 Å². The van der Waals surface area contributed by atoms with Crippen LogP contribution in [0.1, 0.15) is 13.8 Å². The maximum Gasteiger partial charge on any atom is 0.379 e. The molecule has 0 aliphatic carbocycles. The molecule has 0 rings (SSSR count). The molecule has 0 spiro atoms. The Hall–Kier alpha value is -0.250. The molecule has 0 fully saturated rings. The smallest absolute Gasteiger partial charge is 0.307 e. The van der Waals surface area contributed by atoms with Gasteiger partial charge in [-0.15, -0.1) is 0 Å². The van der Waals surface area contributed by atoms with Gasteiger partial charge in [-0.25, -0.2) is 0 Å². The van der Waals surface area contributed by atoms with Gasteiger partial charge in [0, 0.05) is 0 Å². The zero-order chi connectivity index (χ0) is 8.57. The highest BCUT2D eigenvalue weighted by Gasteiger charge is 1.86. The fourth-order valence-electron chi connectivity index (χ4n) is 0.224. The number of hydrogen-bond donors (Lipinski definition) is 0. The molecule has 0 aromatic heterocycles. The second-order valence-electron chi connectivity index (χ2n) is 1.74. The van der Waals surface area contributed by atoms with Crippen LogP contribution in [0.25, 0.3) is 0 Å². The lowest BCUT2D eigenvalue weighted by Gasteiger charge is -2.07. The fraction of sp³-hybridized carbons (Fsp3) is 1.00. The molecule has 0 aromatic rings. The molecule has 10 heavy (non-hydrogen) atoms. The fourth-order valence-corrected chi connectivity index (χ4v) is 0.224. The van der Waals surface area contributed by atoms with Crippen LogP contribution in [-0.4, -0.2) is 31.7 Å². The van der Waals surface area contributed by atoms with Crippen LogP contribution in [0, 0.1) is 0 Å². The van der Waals surface area contributed by atoms with Crippen LogP contribution in [0.5, 0.6) is 0 Å². The largest absolute Gasteiger partial charge is 0.379 e. The topological polar surface area (TPSA) is 3.24 Å². The van der Waals surface area contributed by atoms with Crippen molar-refractivity contribution in [1.29, 1.82) is 0 Å². The Balaban J connectivity index is 0. The van der Waals surface area contributed by atoms with Gasteiger partial charge in [-0.1, -0.05) is 13.8 Å². The van der Waals surface area contributed by atoms with Crippen LogP contribution < -0.4 is 0 Å². The van der Waals surface area contributed by atoms with E-state index < -0.39 is 6.68 Å². The van der Waals surface area contributed by atoms with Gasteiger partial charge in [-0.05, 0) is 20.1 Å². The van der Waals surface area contributed by atoms with Gasteiger partial charge in [-0.2, -0.15) is 13.2 Å². The molecule has 0 aromatic carbocycles. The quantitative estimate of drug-likeness (QED) is 0.593. The maximum atomic E-state index is 9.67. The van der Waals surface area contributed by atoms with Gasteiger partial charge in [0.1, 0.15) is 0 Å². The molecule has 4 heteroatoms. The molecule has 0 unspecified atom stereocenters. The first-order valence-corrected chi connectivity index (χ1v) is 3.15. The molecule has 0 saturated heterocycles. The number of hydrogen-bond acceptors (Lipinski definition) is 1. The minimum atomic E-state index is -3.67. The normalized spacial score (nSPS) is 9.60. The summed E-state index contributed by atoms with van der Waals surface area (Å²) in [6, 6.07) is 0. The van der Waals surface area contributed by atoms with Gasteiger partial charge in [0.2, 0.25) is 0 Å². The summed E-state index contributed by atoms with van der Waals surface area (Å²) in [6.45, 7) is 2.97. The highest BCUT2D eigenvalue weighted by atomic mass is 19.4. The second-order valence-corrected chi connectivity index (χ2v) is 1.74. The van der Waals surface area contributed by atoms with Crippen LogP contribution in [0.4, 0.5) is 13.2 Å². The molecular weight excluding hydrogens is 143 g/mol. The molecule has 0 atom stereocenters. The Morgan fingerprint density at radius 2 is 1.30 bits per heavy atom. The average molecular weight is 157 g/mol. The summed E-state index contributed by atoms with van der Waals surface area (Å²) >= 11 is 0. The minimum Gasteiger partial charge on any atom is -0.307 e. The monoisotopic (exact) mass is 157 g/mol. The lowest BCUT2D eigenvalue weighted by Crippen LogP contribution is -2.15. The highest BCUT2D eigenvalue weighted by molar-refractivity contribution is 4.36. The first-order chi connectivity index (χ1) is 4.54. The van der Waals surface area contributed by atoms with Crippen molar-refractivity contribution >= 4 is 0 Å². The van der Waals surface area contributed by atoms with Gasteiger partial charge in [0.15, 0.2) is 0 Å². The molecule has 0 amide bonds. The van der Waals surface area contributed by atoms with E-state index in [-0.39, 0.29) is 0 Å². The molecule has 0 aliphatic heterocycles. The van der Waals surface area contributed by atoms with Gasteiger partial charge in [0.25, 0.3) is 0 Å². The number of halogens is 3. The Morgan fingerprint density at radius 3 is 1.30 bits per heavy atom. The van der Waals surface area contributed by atoms with E-state index in [1.807, 2.05) is 0 Å². The van der Waals surface area contributed by atoms with Crippen LogP contribution >= 0.6 is 0 Å². The van der Waals surface area contributed by atoms with Crippen molar-refractivity contribution in [1.82, 2.24) is 4.90 Å². The minimum absolute atomic E-state index is 1.16. The summed E-state index contributed by atoms with van der Waals surface area (Å²) in [6.07, 6.45) is 0. The molecular formula is C6H14F3N. The predicted octanol–water partition coefficient (Wildman–Crippen LogP) is 2.14. The number of nitrogens with zero attached hydrogens (tertiary/aromatic N) is 1. The average Bonchev–Trinajstić information content (AvgIpc) is 1.85. The molecule has 0 N–H and O–H groups in total. The third-order valence-corrected chi connectivity index (χ3v) is 1.08. The van der Waals surface area contributed by atoms with Crippen molar-refractivity contribution in [2.75, 3.05) is 20.1 Å². The van der Waals surface area contributed by atoms with E-state index >= 15 is 0 Å². The van der Waals surface area contributed by atoms with Crippen molar-refractivity contribution in [3.63, 3.8) is 0 Å². The van der Waals surface area contributed by atoms with Gasteiger partial charge in [0.05, 0.1) is 0 Å². The maximum absolute atomic E-state index is 9.67. The van der Waals surface area contributed by atoms with Gasteiger partial charge >= 0.3 is 6.68 Å². The van der Waals surface area contributed by atoms with E-state index in [4.69, 9.17) is 0 Å². The highest BCUT2D eigenvalue weighted by Crippen LogP contribution is 1.87. The van der Waals surface area contributed by atoms with Gasteiger partial charge < -0.3 is 4.90 Å². The molecule has 64 valence electrons. The first-order valence-electron chi connectivity index (χ1n) is 3.15. The Bertz CT molecular complexity index is 52.2. The van der Waals surface area contributed by atoms with E-state index in [2.05, 4.69) is 25.8 Å². The third kappa shape index (κ3) is 25.1. The summed E-state index contributed by atoms with van der Waals surface area (Å²) in [5, 5.41) is 0. The van der Waals surface area contributed by atoms with Crippen molar-refractivity contribution in [3.8, 4) is 0 Å². The molecule has 0 bridgehead atoms. The zero-order valence-electron chi connectivity index (χ0n) is 6.57. The standard InChI is InChI=1S/C5H13N.CHF3/c1-4-6(3)5-2;2-1(3)4/h4-5H2,1-3H3;1H. The Labute approximate surface area is 59.8 Å². The van der Waals surface area contributed by atoms with E-state index in [1.165, 1.54) is 0 Å². The SMILES string of the molecule is CCN(C)CC.FC(F)F. The van der Waals surface area contributed by atoms with E-state index in [0.717, 1.165) is 13.1 Å². The summed E-state index contributed by atoms with van der Waals surface area (Å²) in [5.41, 5.74) is 0. The lowest BCUT2D eigenvalue weighted by atomic mass is 10.6. The van der Waals surface area contributed by atoms with E-state index in [1.54, 1.807) is 0 Å². The Morgan fingerprint density at radius 1 is 1.10 bits per heavy atom.